The molecule has 25 heavy (non-hydrogen) atoms. The summed E-state index contributed by atoms with van der Waals surface area (Å²) in [5.74, 6) is 1.09. The van der Waals surface area contributed by atoms with Crippen LogP contribution in [0.4, 0.5) is 30.6 Å². The van der Waals surface area contributed by atoms with Crippen molar-refractivity contribution in [2.45, 2.75) is 13.1 Å². The molecule has 0 saturated carbocycles. The van der Waals surface area contributed by atoms with Gasteiger partial charge in [-0.05, 0) is 32.2 Å². The average molecular weight is 351 g/mol. The summed E-state index contributed by atoms with van der Waals surface area (Å²) in [5.41, 5.74) is 0.368. The third-order valence-corrected chi connectivity index (χ3v) is 4.11. The van der Waals surface area contributed by atoms with Crippen molar-refractivity contribution in [3.8, 4) is 0 Å². The number of benzene rings is 1. The first-order valence-electron chi connectivity index (χ1n) is 8.05. The van der Waals surface area contributed by atoms with E-state index in [0.717, 1.165) is 49.8 Å². The average Bonchev–Trinajstić information content (AvgIpc) is 2.54. The van der Waals surface area contributed by atoms with Gasteiger partial charge >= 0.3 is 6.18 Å². The first-order chi connectivity index (χ1) is 11.8. The van der Waals surface area contributed by atoms with Crippen LogP contribution < -0.4 is 10.2 Å². The monoisotopic (exact) mass is 351 g/mol. The molecule has 134 valence electrons. The quantitative estimate of drug-likeness (QED) is 0.919. The highest BCUT2D eigenvalue weighted by atomic mass is 19.4. The van der Waals surface area contributed by atoms with Crippen LogP contribution in [0.1, 0.15) is 11.3 Å². The Morgan fingerprint density at radius 2 is 1.76 bits per heavy atom. The van der Waals surface area contributed by atoms with Gasteiger partial charge in [0.2, 0.25) is 5.95 Å². The molecular formula is C17H20F3N5. The standard InChI is InChI=1S/C17H20F3N5/c1-12-10-15(25-8-6-24(2)7-9-25)23-16(21-12)22-14-5-3-4-13(11-14)17(18,19)20/h3-5,10-11H,6-9H2,1-2H3,(H,21,22,23). The zero-order chi connectivity index (χ0) is 18.0. The van der Waals surface area contributed by atoms with Gasteiger partial charge in [-0.15, -0.1) is 0 Å². The van der Waals surface area contributed by atoms with Crippen LogP contribution in [0.5, 0.6) is 0 Å². The molecule has 1 fully saturated rings. The molecule has 1 aliphatic heterocycles. The zero-order valence-electron chi connectivity index (χ0n) is 14.1. The molecular weight excluding hydrogens is 331 g/mol. The van der Waals surface area contributed by atoms with Gasteiger partial charge < -0.3 is 15.1 Å². The van der Waals surface area contributed by atoms with Gasteiger partial charge in [0, 0.05) is 43.6 Å². The minimum Gasteiger partial charge on any atom is -0.354 e. The van der Waals surface area contributed by atoms with Crippen molar-refractivity contribution in [3.05, 3.63) is 41.6 Å². The van der Waals surface area contributed by atoms with E-state index in [1.165, 1.54) is 6.07 Å². The van der Waals surface area contributed by atoms with Crippen LogP contribution in [0.3, 0.4) is 0 Å². The molecule has 8 heteroatoms. The van der Waals surface area contributed by atoms with Gasteiger partial charge in [-0.2, -0.15) is 18.2 Å². The summed E-state index contributed by atoms with van der Waals surface area (Å²) in [5, 5.41) is 2.89. The van der Waals surface area contributed by atoms with Crippen molar-refractivity contribution in [2.75, 3.05) is 43.4 Å². The van der Waals surface area contributed by atoms with Crippen LogP contribution in [0.15, 0.2) is 30.3 Å². The molecule has 2 heterocycles. The third-order valence-electron chi connectivity index (χ3n) is 4.11. The van der Waals surface area contributed by atoms with Crippen molar-refractivity contribution >= 4 is 17.5 Å². The molecule has 0 bridgehead atoms. The smallest absolute Gasteiger partial charge is 0.354 e. The van der Waals surface area contributed by atoms with E-state index in [9.17, 15) is 13.2 Å². The number of halogens is 3. The number of aromatic nitrogens is 2. The van der Waals surface area contributed by atoms with Crippen LogP contribution in [-0.4, -0.2) is 48.1 Å². The SMILES string of the molecule is Cc1cc(N2CCN(C)CC2)nc(Nc2cccc(C(F)(F)F)c2)n1. The fraction of sp³-hybridized carbons (Fsp3) is 0.412. The van der Waals surface area contributed by atoms with E-state index in [0.29, 0.717) is 11.6 Å². The Labute approximate surface area is 144 Å². The Balaban J connectivity index is 1.81. The van der Waals surface area contributed by atoms with E-state index < -0.39 is 11.7 Å². The highest BCUT2D eigenvalue weighted by Crippen LogP contribution is 2.31. The fourth-order valence-electron chi connectivity index (χ4n) is 2.71. The van der Waals surface area contributed by atoms with Gasteiger partial charge in [-0.1, -0.05) is 6.07 Å². The Morgan fingerprint density at radius 3 is 2.44 bits per heavy atom. The van der Waals surface area contributed by atoms with E-state index in [1.807, 2.05) is 13.0 Å². The number of hydrogen-bond acceptors (Lipinski definition) is 5. The zero-order valence-corrected chi connectivity index (χ0v) is 14.1. The van der Waals surface area contributed by atoms with Gasteiger partial charge in [0.15, 0.2) is 0 Å². The lowest BCUT2D eigenvalue weighted by molar-refractivity contribution is -0.137. The highest BCUT2D eigenvalue weighted by molar-refractivity contribution is 5.57. The molecule has 1 aromatic heterocycles. The molecule has 5 nitrogen and oxygen atoms in total. The molecule has 0 amide bonds. The second kappa shape index (κ2) is 6.87. The van der Waals surface area contributed by atoms with Gasteiger partial charge in [0.25, 0.3) is 0 Å². The Morgan fingerprint density at radius 1 is 1.04 bits per heavy atom. The van der Waals surface area contributed by atoms with E-state index in [1.54, 1.807) is 6.07 Å². The molecule has 1 saturated heterocycles. The normalized spacial score (nSPS) is 16.1. The van der Waals surface area contributed by atoms with Gasteiger partial charge in [-0.25, -0.2) is 4.98 Å². The number of alkyl halides is 3. The van der Waals surface area contributed by atoms with Crippen molar-refractivity contribution < 1.29 is 13.2 Å². The van der Waals surface area contributed by atoms with E-state index in [-0.39, 0.29) is 0 Å². The summed E-state index contributed by atoms with van der Waals surface area (Å²) in [7, 11) is 2.07. The number of aryl methyl sites for hydroxylation is 1. The summed E-state index contributed by atoms with van der Waals surface area (Å²) in [6.07, 6.45) is -4.38. The van der Waals surface area contributed by atoms with E-state index in [2.05, 4.69) is 32.1 Å². The molecule has 0 radical (unpaired) electrons. The number of nitrogens with one attached hydrogen (secondary N) is 1. The maximum absolute atomic E-state index is 12.8. The predicted molar refractivity (Wildman–Crippen MR) is 91.2 cm³/mol. The van der Waals surface area contributed by atoms with Gasteiger partial charge in [-0.3, -0.25) is 0 Å². The Hall–Kier alpha value is -2.35. The van der Waals surface area contributed by atoms with Gasteiger partial charge in [0.1, 0.15) is 5.82 Å². The van der Waals surface area contributed by atoms with Crippen LogP contribution in [-0.2, 0) is 6.18 Å². The van der Waals surface area contributed by atoms with Crippen molar-refractivity contribution in [2.24, 2.45) is 0 Å². The maximum atomic E-state index is 12.8. The third kappa shape index (κ3) is 4.39. The minimum absolute atomic E-state index is 0.299. The van der Waals surface area contributed by atoms with Crippen LogP contribution >= 0.6 is 0 Å². The molecule has 0 unspecified atom stereocenters. The predicted octanol–water partition coefficient (Wildman–Crippen LogP) is 3.30. The lowest BCUT2D eigenvalue weighted by atomic mass is 10.2. The second-order valence-corrected chi connectivity index (χ2v) is 6.19. The number of anilines is 3. The number of likely N-dealkylation sites (N-methyl/N-ethyl adjacent to an activating group) is 1. The Kier molecular flexibility index (Phi) is 4.80. The van der Waals surface area contributed by atoms with Crippen LogP contribution in [0.2, 0.25) is 0 Å². The molecule has 0 atom stereocenters. The fourth-order valence-corrected chi connectivity index (χ4v) is 2.71. The second-order valence-electron chi connectivity index (χ2n) is 6.19. The summed E-state index contributed by atoms with van der Waals surface area (Å²) in [4.78, 5) is 13.2. The van der Waals surface area contributed by atoms with E-state index in [4.69, 9.17) is 0 Å². The van der Waals surface area contributed by atoms with Crippen LogP contribution in [0, 0.1) is 6.92 Å². The minimum atomic E-state index is -4.38. The largest absolute Gasteiger partial charge is 0.416 e. The molecule has 0 spiro atoms. The summed E-state index contributed by atoms with van der Waals surface area (Å²) >= 11 is 0. The first kappa shape index (κ1) is 17.5. The molecule has 1 N–H and O–H groups in total. The molecule has 3 rings (SSSR count). The lowest BCUT2D eigenvalue weighted by Gasteiger charge is -2.33. The molecule has 2 aromatic rings. The number of nitrogens with zero attached hydrogens (tertiary/aromatic N) is 4. The molecule has 1 aliphatic rings. The number of rotatable bonds is 3. The number of piperazine rings is 1. The molecule has 1 aromatic carbocycles. The maximum Gasteiger partial charge on any atom is 0.416 e. The lowest BCUT2D eigenvalue weighted by Crippen LogP contribution is -2.44. The van der Waals surface area contributed by atoms with Crippen LogP contribution in [0.25, 0.3) is 0 Å². The highest BCUT2D eigenvalue weighted by Gasteiger charge is 2.30. The summed E-state index contributed by atoms with van der Waals surface area (Å²) in [6.45, 7) is 5.45. The summed E-state index contributed by atoms with van der Waals surface area (Å²) < 4.78 is 38.5. The van der Waals surface area contributed by atoms with Gasteiger partial charge in [0.05, 0.1) is 5.56 Å². The summed E-state index contributed by atoms with van der Waals surface area (Å²) in [6, 6.07) is 6.92. The van der Waals surface area contributed by atoms with Crippen molar-refractivity contribution in [1.82, 2.24) is 14.9 Å². The molecule has 0 aliphatic carbocycles. The first-order valence-corrected chi connectivity index (χ1v) is 8.05. The Bertz CT molecular complexity index is 739. The van der Waals surface area contributed by atoms with Crippen molar-refractivity contribution in [3.63, 3.8) is 0 Å². The van der Waals surface area contributed by atoms with E-state index >= 15 is 0 Å². The number of hydrogen-bond donors (Lipinski definition) is 1. The van der Waals surface area contributed by atoms with Crippen molar-refractivity contribution in [1.29, 1.82) is 0 Å². The topological polar surface area (TPSA) is 44.3 Å².